The third-order valence-corrected chi connectivity index (χ3v) is 4.97. The van der Waals surface area contributed by atoms with Crippen LogP contribution in [0, 0.1) is 0 Å². The zero-order valence-electron chi connectivity index (χ0n) is 15.2. The van der Waals surface area contributed by atoms with Crippen LogP contribution >= 0.6 is 12.2 Å². The second-order valence-electron chi connectivity index (χ2n) is 6.61. The van der Waals surface area contributed by atoms with Crippen LogP contribution in [0.5, 0.6) is 0 Å². The van der Waals surface area contributed by atoms with Crippen molar-refractivity contribution in [3.63, 3.8) is 0 Å². The van der Waals surface area contributed by atoms with E-state index in [9.17, 15) is 0 Å². The third-order valence-electron chi connectivity index (χ3n) is 4.71. The van der Waals surface area contributed by atoms with Gasteiger partial charge in [0.05, 0.1) is 19.3 Å². The Morgan fingerprint density at radius 1 is 1.04 bits per heavy atom. The number of ether oxygens (including phenoxy) is 1. The number of nitrogens with zero attached hydrogens (tertiary/aromatic N) is 1. The summed E-state index contributed by atoms with van der Waals surface area (Å²) < 4.78 is 5.53. The van der Waals surface area contributed by atoms with E-state index in [4.69, 9.17) is 17.0 Å². The molecule has 0 radical (unpaired) electrons. The zero-order valence-corrected chi connectivity index (χ0v) is 16.0. The SMILES string of the molecule is C[C@@H](NC(=S)NCc1ccccc1)[C@@H](c1ccccc1)N1CCOCC1. The monoisotopic (exact) mass is 369 g/mol. The number of hydrogen-bond donors (Lipinski definition) is 2. The van der Waals surface area contributed by atoms with Crippen molar-refractivity contribution < 1.29 is 4.74 Å². The van der Waals surface area contributed by atoms with E-state index in [1.54, 1.807) is 0 Å². The van der Waals surface area contributed by atoms with E-state index in [2.05, 4.69) is 64.9 Å². The van der Waals surface area contributed by atoms with Crippen molar-refractivity contribution in [1.29, 1.82) is 0 Å². The third kappa shape index (κ3) is 5.27. The lowest BCUT2D eigenvalue weighted by Gasteiger charge is -2.38. The largest absolute Gasteiger partial charge is 0.379 e. The molecule has 0 amide bonds. The fraction of sp³-hybridized carbons (Fsp3) is 0.381. The molecular weight excluding hydrogens is 342 g/mol. The standard InChI is InChI=1S/C21H27N3OS/c1-17(23-21(26)22-16-18-8-4-2-5-9-18)20(19-10-6-3-7-11-19)24-12-14-25-15-13-24/h2-11,17,20H,12-16H2,1H3,(H2,22,23,26)/t17-,20+/m1/s1. The van der Waals surface area contributed by atoms with Gasteiger partial charge in [0.1, 0.15) is 0 Å². The highest BCUT2D eigenvalue weighted by Crippen LogP contribution is 2.25. The minimum atomic E-state index is 0.186. The molecule has 1 aliphatic heterocycles. The molecule has 0 spiro atoms. The van der Waals surface area contributed by atoms with Crippen LogP contribution in [0.4, 0.5) is 0 Å². The average Bonchev–Trinajstić information content (AvgIpc) is 2.69. The smallest absolute Gasteiger partial charge is 0.166 e. The lowest BCUT2D eigenvalue weighted by molar-refractivity contribution is 0.0102. The van der Waals surface area contributed by atoms with Crippen LogP contribution in [0.3, 0.4) is 0 Å². The first-order chi connectivity index (χ1) is 12.7. The molecule has 2 aromatic rings. The molecule has 0 aliphatic carbocycles. The van der Waals surface area contributed by atoms with Crippen LogP contribution in [0.15, 0.2) is 60.7 Å². The average molecular weight is 370 g/mol. The van der Waals surface area contributed by atoms with Gasteiger partial charge in [-0.1, -0.05) is 60.7 Å². The molecule has 26 heavy (non-hydrogen) atoms. The van der Waals surface area contributed by atoms with Gasteiger partial charge in [0, 0.05) is 25.7 Å². The number of nitrogens with one attached hydrogen (secondary N) is 2. The Bertz CT molecular complexity index is 674. The summed E-state index contributed by atoms with van der Waals surface area (Å²) in [6, 6.07) is 21.4. The Morgan fingerprint density at radius 3 is 2.31 bits per heavy atom. The fourth-order valence-electron chi connectivity index (χ4n) is 3.44. The quantitative estimate of drug-likeness (QED) is 0.765. The first-order valence-corrected chi connectivity index (χ1v) is 9.60. The minimum Gasteiger partial charge on any atom is -0.379 e. The van der Waals surface area contributed by atoms with Crippen molar-refractivity contribution in [3.05, 3.63) is 71.8 Å². The Morgan fingerprint density at radius 2 is 1.65 bits per heavy atom. The summed E-state index contributed by atoms with van der Waals surface area (Å²) in [5, 5.41) is 7.49. The summed E-state index contributed by atoms with van der Waals surface area (Å²) >= 11 is 5.53. The highest BCUT2D eigenvalue weighted by Gasteiger charge is 2.27. The van der Waals surface area contributed by atoms with Crippen molar-refractivity contribution in [2.24, 2.45) is 0 Å². The van der Waals surface area contributed by atoms with Crippen LogP contribution < -0.4 is 10.6 Å². The summed E-state index contributed by atoms with van der Waals surface area (Å²) in [4.78, 5) is 2.48. The van der Waals surface area contributed by atoms with Crippen molar-refractivity contribution in [2.45, 2.75) is 25.6 Å². The predicted octanol–water partition coefficient (Wildman–Crippen LogP) is 3.11. The van der Waals surface area contributed by atoms with E-state index in [0.29, 0.717) is 5.11 Å². The van der Waals surface area contributed by atoms with E-state index in [1.165, 1.54) is 11.1 Å². The molecule has 138 valence electrons. The van der Waals surface area contributed by atoms with Gasteiger partial charge in [-0.05, 0) is 30.3 Å². The number of morpholine rings is 1. The summed E-state index contributed by atoms with van der Waals surface area (Å²) in [6.07, 6.45) is 0. The van der Waals surface area contributed by atoms with E-state index in [-0.39, 0.29) is 12.1 Å². The van der Waals surface area contributed by atoms with Crippen LogP contribution in [0.1, 0.15) is 24.1 Å². The summed E-state index contributed by atoms with van der Waals surface area (Å²) in [5.74, 6) is 0. The van der Waals surface area contributed by atoms with Gasteiger partial charge in [-0.15, -0.1) is 0 Å². The summed E-state index contributed by atoms with van der Waals surface area (Å²) in [7, 11) is 0. The molecule has 3 rings (SSSR count). The van der Waals surface area contributed by atoms with Crippen LogP contribution in [-0.2, 0) is 11.3 Å². The van der Waals surface area contributed by atoms with Crippen LogP contribution in [0.25, 0.3) is 0 Å². The molecular formula is C21H27N3OS. The summed E-state index contributed by atoms with van der Waals surface area (Å²) in [6.45, 7) is 6.38. The first-order valence-electron chi connectivity index (χ1n) is 9.19. The maximum absolute atomic E-state index is 5.53. The Balaban J connectivity index is 1.63. The summed E-state index contributed by atoms with van der Waals surface area (Å²) in [5.41, 5.74) is 2.53. The minimum absolute atomic E-state index is 0.186. The van der Waals surface area contributed by atoms with Crippen LogP contribution in [0.2, 0.25) is 0 Å². The number of thiocarbonyl (C=S) groups is 1. The topological polar surface area (TPSA) is 36.5 Å². The van der Waals surface area contributed by atoms with Gasteiger partial charge in [-0.25, -0.2) is 0 Å². The Labute approximate surface area is 161 Å². The predicted molar refractivity (Wildman–Crippen MR) is 110 cm³/mol. The van der Waals surface area contributed by atoms with Gasteiger partial charge >= 0.3 is 0 Å². The molecule has 0 saturated carbocycles. The molecule has 1 fully saturated rings. The number of benzene rings is 2. The highest BCUT2D eigenvalue weighted by molar-refractivity contribution is 7.80. The molecule has 0 unspecified atom stereocenters. The lowest BCUT2D eigenvalue weighted by Crippen LogP contribution is -2.50. The van der Waals surface area contributed by atoms with E-state index >= 15 is 0 Å². The molecule has 5 heteroatoms. The number of rotatable bonds is 6. The van der Waals surface area contributed by atoms with Gasteiger partial charge in [-0.3, -0.25) is 4.90 Å². The molecule has 1 aliphatic rings. The van der Waals surface area contributed by atoms with Crippen LogP contribution in [-0.4, -0.2) is 42.4 Å². The fourth-order valence-corrected chi connectivity index (χ4v) is 3.69. The number of hydrogen-bond acceptors (Lipinski definition) is 3. The highest BCUT2D eigenvalue weighted by atomic mass is 32.1. The van der Waals surface area contributed by atoms with Gasteiger partial charge in [-0.2, -0.15) is 0 Å². The maximum atomic E-state index is 5.53. The van der Waals surface area contributed by atoms with E-state index < -0.39 is 0 Å². The molecule has 2 aromatic carbocycles. The van der Waals surface area contributed by atoms with Gasteiger partial charge < -0.3 is 15.4 Å². The molecule has 4 nitrogen and oxygen atoms in total. The van der Waals surface area contributed by atoms with E-state index in [1.807, 2.05) is 18.2 Å². The normalized spacial score (nSPS) is 17.3. The zero-order chi connectivity index (χ0) is 18.2. The second kappa shape index (κ2) is 9.67. The first kappa shape index (κ1) is 18.8. The van der Waals surface area contributed by atoms with Crippen molar-refractivity contribution >= 4 is 17.3 Å². The second-order valence-corrected chi connectivity index (χ2v) is 7.01. The van der Waals surface area contributed by atoms with Crippen molar-refractivity contribution in [1.82, 2.24) is 15.5 Å². The maximum Gasteiger partial charge on any atom is 0.166 e. The van der Waals surface area contributed by atoms with E-state index in [0.717, 1.165) is 32.8 Å². The van der Waals surface area contributed by atoms with Crippen molar-refractivity contribution in [3.8, 4) is 0 Å². The lowest BCUT2D eigenvalue weighted by atomic mass is 9.98. The molecule has 2 N–H and O–H groups in total. The van der Waals surface area contributed by atoms with Gasteiger partial charge in [0.15, 0.2) is 5.11 Å². The molecule has 0 bridgehead atoms. The molecule has 1 heterocycles. The van der Waals surface area contributed by atoms with Gasteiger partial charge in [0.2, 0.25) is 0 Å². The Hall–Kier alpha value is -1.95. The molecule has 2 atom stereocenters. The van der Waals surface area contributed by atoms with Gasteiger partial charge in [0.25, 0.3) is 0 Å². The molecule has 0 aromatic heterocycles. The van der Waals surface area contributed by atoms with Crippen molar-refractivity contribution in [2.75, 3.05) is 26.3 Å². The molecule has 1 saturated heterocycles. The Kier molecular flexibility index (Phi) is 7.00.